The van der Waals surface area contributed by atoms with Crippen LogP contribution in [0.15, 0.2) is 5.38 Å². The van der Waals surface area contributed by atoms with Gasteiger partial charge in [-0.3, -0.25) is 0 Å². The number of thiazole rings is 1. The zero-order valence-electron chi connectivity index (χ0n) is 9.69. The van der Waals surface area contributed by atoms with Gasteiger partial charge in [0.2, 0.25) is 0 Å². The van der Waals surface area contributed by atoms with Crippen molar-refractivity contribution in [3.63, 3.8) is 0 Å². The molecule has 1 N–H and O–H groups in total. The van der Waals surface area contributed by atoms with Crippen LogP contribution in [-0.4, -0.2) is 29.4 Å². The molecule has 1 aliphatic heterocycles. The molecule has 1 aliphatic rings. The second-order valence-electron chi connectivity index (χ2n) is 4.51. The number of ether oxygens (including phenoxy) is 1. The summed E-state index contributed by atoms with van der Waals surface area (Å²) in [6, 6.07) is 0. The molecule has 1 atom stereocenters. The third kappa shape index (κ3) is 3.54. The van der Waals surface area contributed by atoms with Crippen LogP contribution in [0.4, 0.5) is 0 Å². The summed E-state index contributed by atoms with van der Waals surface area (Å²) < 4.78 is 5.31. The number of aliphatic hydroxyl groups is 1. The van der Waals surface area contributed by atoms with Gasteiger partial charge in [0.15, 0.2) is 0 Å². The Morgan fingerprint density at radius 3 is 2.94 bits per heavy atom. The van der Waals surface area contributed by atoms with Crippen molar-refractivity contribution in [2.24, 2.45) is 5.92 Å². The largest absolute Gasteiger partial charge is 0.393 e. The lowest BCUT2D eigenvalue weighted by Crippen LogP contribution is -2.22. The molecule has 0 aliphatic carbocycles. The van der Waals surface area contributed by atoms with Gasteiger partial charge < -0.3 is 9.84 Å². The van der Waals surface area contributed by atoms with E-state index in [1.54, 1.807) is 11.3 Å². The van der Waals surface area contributed by atoms with Crippen molar-refractivity contribution < 1.29 is 9.84 Å². The predicted octanol–water partition coefficient (Wildman–Crippen LogP) is 2.17. The molecule has 0 saturated carbocycles. The van der Waals surface area contributed by atoms with Gasteiger partial charge in [0.1, 0.15) is 0 Å². The first-order valence-corrected chi connectivity index (χ1v) is 6.79. The van der Waals surface area contributed by atoms with Gasteiger partial charge in [0, 0.05) is 25.0 Å². The molecule has 16 heavy (non-hydrogen) atoms. The fraction of sp³-hybridized carbons (Fsp3) is 0.750. The van der Waals surface area contributed by atoms with Gasteiger partial charge in [0.25, 0.3) is 0 Å². The van der Waals surface area contributed by atoms with E-state index in [0.717, 1.165) is 43.2 Å². The van der Waals surface area contributed by atoms with E-state index in [2.05, 4.69) is 4.98 Å². The van der Waals surface area contributed by atoms with Gasteiger partial charge in [-0.1, -0.05) is 0 Å². The molecular formula is C12H19NO2S. The highest BCUT2D eigenvalue weighted by atomic mass is 32.1. The third-order valence-corrected chi connectivity index (χ3v) is 3.88. The first-order chi connectivity index (χ1) is 7.74. The molecule has 0 radical (unpaired) electrons. The van der Waals surface area contributed by atoms with Crippen LogP contribution in [0.1, 0.15) is 30.0 Å². The Kier molecular flexibility index (Phi) is 4.32. The van der Waals surface area contributed by atoms with E-state index >= 15 is 0 Å². The molecule has 1 aromatic heterocycles. The van der Waals surface area contributed by atoms with Crippen molar-refractivity contribution in [3.8, 4) is 0 Å². The van der Waals surface area contributed by atoms with E-state index in [4.69, 9.17) is 4.74 Å². The third-order valence-electron chi connectivity index (χ3n) is 3.06. The molecule has 0 bridgehead atoms. The molecule has 1 saturated heterocycles. The zero-order valence-corrected chi connectivity index (χ0v) is 10.5. The number of aliphatic hydroxyl groups excluding tert-OH is 1. The Labute approximate surface area is 100 Å². The van der Waals surface area contributed by atoms with Gasteiger partial charge in [-0.15, -0.1) is 11.3 Å². The highest BCUT2D eigenvalue weighted by Crippen LogP contribution is 2.21. The van der Waals surface area contributed by atoms with E-state index in [0.29, 0.717) is 12.3 Å². The van der Waals surface area contributed by atoms with Crippen molar-refractivity contribution in [1.29, 1.82) is 0 Å². The summed E-state index contributed by atoms with van der Waals surface area (Å²) >= 11 is 1.65. The van der Waals surface area contributed by atoms with Crippen LogP contribution >= 0.6 is 11.3 Å². The molecule has 0 aromatic carbocycles. The van der Waals surface area contributed by atoms with Crippen molar-refractivity contribution in [2.45, 2.75) is 38.7 Å². The number of aromatic nitrogens is 1. The summed E-state index contributed by atoms with van der Waals surface area (Å²) in [4.78, 5) is 4.38. The highest BCUT2D eigenvalue weighted by Gasteiger charge is 2.18. The molecule has 1 unspecified atom stereocenters. The van der Waals surface area contributed by atoms with Crippen molar-refractivity contribution >= 4 is 11.3 Å². The quantitative estimate of drug-likeness (QED) is 0.878. The van der Waals surface area contributed by atoms with Gasteiger partial charge in [-0.2, -0.15) is 0 Å². The van der Waals surface area contributed by atoms with Crippen LogP contribution in [0, 0.1) is 12.8 Å². The topological polar surface area (TPSA) is 42.4 Å². The fourth-order valence-corrected chi connectivity index (χ4v) is 2.82. The van der Waals surface area contributed by atoms with Crippen molar-refractivity contribution in [2.75, 3.05) is 13.2 Å². The molecule has 4 heteroatoms. The number of hydrogen-bond acceptors (Lipinski definition) is 4. The lowest BCUT2D eigenvalue weighted by atomic mass is 9.92. The molecule has 2 heterocycles. The molecular weight excluding hydrogens is 222 g/mol. The summed E-state index contributed by atoms with van der Waals surface area (Å²) in [5.74, 6) is 0.628. The smallest absolute Gasteiger partial charge is 0.0897 e. The van der Waals surface area contributed by atoms with E-state index in [1.807, 2.05) is 12.3 Å². The van der Waals surface area contributed by atoms with Crippen molar-refractivity contribution in [1.82, 2.24) is 4.98 Å². The minimum absolute atomic E-state index is 0.246. The summed E-state index contributed by atoms with van der Waals surface area (Å²) in [5, 5.41) is 13.1. The maximum absolute atomic E-state index is 9.99. The molecule has 2 rings (SSSR count). The Morgan fingerprint density at radius 1 is 1.56 bits per heavy atom. The lowest BCUT2D eigenvalue weighted by molar-refractivity contribution is 0.0437. The maximum atomic E-state index is 9.99. The van der Waals surface area contributed by atoms with E-state index in [-0.39, 0.29) is 6.10 Å². The van der Waals surface area contributed by atoms with Gasteiger partial charge in [-0.05, 0) is 32.1 Å². The monoisotopic (exact) mass is 241 g/mol. The molecule has 1 fully saturated rings. The second kappa shape index (κ2) is 5.75. The van der Waals surface area contributed by atoms with Crippen LogP contribution in [0.25, 0.3) is 0 Å². The fourth-order valence-electron chi connectivity index (χ4n) is 2.19. The SMILES string of the molecule is Cc1nc(CC(O)CC2CCOCC2)cs1. The number of nitrogens with zero attached hydrogens (tertiary/aromatic N) is 1. The van der Waals surface area contributed by atoms with Crippen LogP contribution in [-0.2, 0) is 11.2 Å². The molecule has 0 amide bonds. The highest BCUT2D eigenvalue weighted by molar-refractivity contribution is 7.09. The molecule has 1 aromatic rings. The summed E-state index contributed by atoms with van der Waals surface area (Å²) in [6.07, 6.45) is 3.52. The molecule has 3 nitrogen and oxygen atoms in total. The zero-order chi connectivity index (χ0) is 11.4. The number of hydrogen-bond donors (Lipinski definition) is 1. The van der Waals surface area contributed by atoms with E-state index in [9.17, 15) is 5.11 Å². The molecule has 0 spiro atoms. The first kappa shape index (κ1) is 12.0. The van der Waals surface area contributed by atoms with Crippen LogP contribution in [0.3, 0.4) is 0 Å². The molecule has 90 valence electrons. The van der Waals surface area contributed by atoms with Gasteiger partial charge in [-0.25, -0.2) is 4.98 Å². The normalized spacial score (nSPS) is 19.9. The summed E-state index contributed by atoms with van der Waals surface area (Å²) in [5.41, 5.74) is 1.03. The average Bonchev–Trinajstić information content (AvgIpc) is 2.65. The minimum Gasteiger partial charge on any atom is -0.393 e. The van der Waals surface area contributed by atoms with Crippen LogP contribution in [0.5, 0.6) is 0 Å². The second-order valence-corrected chi connectivity index (χ2v) is 5.57. The summed E-state index contributed by atoms with van der Waals surface area (Å²) in [6.45, 7) is 3.71. The van der Waals surface area contributed by atoms with Crippen LogP contribution < -0.4 is 0 Å². The average molecular weight is 241 g/mol. The predicted molar refractivity (Wildman–Crippen MR) is 64.7 cm³/mol. The maximum Gasteiger partial charge on any atom is 0.0897 e. The minimum atomic E-state index is -0.246. The Bertz CT molecular complexity index is 321. The Hall–Kier alpha value is -0.450. The van der Waals surface area contributed by atoms with Gasteiger partial charge in [0.05, 0.1) is 16.8 Å². The van der Waals surface area contributed by atoms with Crippen molar-refractivity contribution in [3.05, 3.63) is 16.1 Å². The van der Waals surface area contributed by atoms with Crippen LogP contribution in [0.2, 0.25) is 0 Å². The standard InChI is InChI=1S/C12H19NO2S/c1-9-13-11(8-16-9)7-12(14)6-10-2-4-15-5-3-10/h8,10,12,14H,2-7H2,1H3. The van der Waals surface area contributed by atoms with Gasteiger partial charge >= 0.3 is 0 Å². The summed E-state index contributed by atoms with van der Waals surface area (Å²) in [7, 11) is 0. The lowest BCUT2D eigenvalue weighted by Gasteiger charge is -2.23. The Morgan fingerprint density at radius 2 is 2.31 bits per heavy atom. The Balaban J connectivity index is 1.77. The number of aryl methyl sites for hydroxylation is 1. The van der Waals surface area contributed by atoms with E-state index in [1.165, 1.54) is 0 Å². The van der Waals surface area contributed by atoms with E-state index < -0.39 is 0 Å². The number of rotatable bonds is 4. The first-order valence-electron chi connectivity index (χ1n) is 5.91.